The van der Waals surface area contributed by atoms with Crippen LogP contribution >= 0.6 is 0 Å². The van der Waals surface area contributed by atoms with Crippen LogP contribution in [0.4, 0.5) is 5.82 Å². The molecule has 0 aliphatic heterocycles. The van der Waals surface area contributed by atoms with Gasteiger partial charge in [0.15, 0.2) is 5.65 Å². The Morgan fingerprint density at radius 3 is 2.70 bits per heavy atom. The number of phenols is 1. The van der Waals surface area contributed by atoms with Crippen LogP contribution in [0.5, 0.6) is 11.6 Å². The van der Waals surface area contributed by atoms with Gasteiger partial charge in [0.05, 0.1) is 28.5 Å². The second-order valence-electron chi connectivity index (χ2n) is 7.82. The summed E-state index contributed by atoms with van der Waals surface area (Å²) < 4.78 is 9.59. The number of primary amides is 1. The SMILES string of the molecule is Cc1ccc(O)c(C)c1-n1c(N)c(C(N)=O)c2c(OC3CC3)nc3c(ncn3C)c21. The zero-order valence-corrected chi connectivity index (χ0v) is 16.9. The van der Waals surface area contributed by atoms with Gasteiger partial charge in [0.1, 0.15) is 23.2 Å². The number of hydrogen-bond acceptors (Lipinski definition) is 6. The van der Waals surface area contributed by atoms with E-state index < -0.39 is 5.91 Å². The number of aryl methyl sites for hydroxylation is 2. The fourth-order valence-electron chi connectivity index (χ4n) is 3.98. The molecule has 1 amide bonds. The number of fused-ring (bicyclic) bond motifs is 3. The van der Waals surface area contributed by atoms with Gasteiger partial charge in [-0.2, -0.15) is 4.98 Å². The van der Waals surface area contributed by atoms with Crippen LogP contribution < -0.4 is 16.2 Å². The second-order valence-corrected chi connectivity index (χ2v) is 7.82. The fraction of sp³-hybridized carbons (Fsp3) is 0.286. The highest BCUT2D eigenvalue weighted by molar-refractivity contribution is 6.18. The first-order chi connectivity index (χ1) is 14.3. The third kappa shape index (κ3) is 2.44. The van der Waals surface area contributed by atoms with E-state index in [1.807, 2.05) is 14.0 Å². The zero-order valence-electron chi connectivity index (χ0n) is 16.9. The van der Waals surface area contributed by atoms with Gasteiger partial charge in [0.25, 0.3) is 5.91 Å². The van der Waals surface area contributed by atoms with E-state index in [4.69, 9.17) is 16.2 Å². The highest BCUT2D eigenvalue weighted by Gasteiger charge is 2.32. The predicted molar refractivity (Wildman–Crippen MR) is 113 cm³/mol. The number of aromatic hydroxyl groups is 1. The second kappa shape index (κ2) is 6.12. The molecule has 1 aliphatic carbocycles. The van der Waals surface area contributed by atoms with Crippen molar-refractivity contribution in [2.24, 2.45) is 12.8 Å². The lowest BCUT2D eigenvalue weighted by molar-refractivity contribution is 0.100. The standard InChI is InChI=1S/C21H22N6O3/c1-9-4-7-12(28)10(2)16(9)27-17-13(14(18(27)22)19(23)29)21(30-11-5-6-11)25-20-15(17)24-8-26(20)3/h4,7-8,11,28H,5-6,22H2,1-3H3,(H2,23,29). The van der Waals surface area contributed by atoms with Gasteiger partial charge in [0, 0.05) is 12.6 Å². The van der Waals surface area contributed by atoms with Crippen LogP contribution in [0.1, 0.15) is 34.3 Å². The summed E-state index contributed by atoms with van der Waals surface area (Å²) in [6.07, 6.45) is 3.57. The normalized spacial score (nSPS) is 14.0. The van der Waals surface area contributed by atoms with Crippen molar-refractivity contribution in [3.63, 3.8) is 0 Å². The van der Waals surface area contributed by atoms with Gasteiger partial charge in [-0.25, -0.2) is 4.98 Å². The molecule has 9 heteroatoms. The van der Waals surface area contributed by atoms with E-state index in [9.17, 15) is 9.90 Å². The summed E-state index contributed by atoms with van der Waals surface area (Å²) in [5.41, 5.74) is 16.3. The van der Waals surface area contributed by atoms with Crippen molar-refractivity contribution < 1.29 is 14.6 Å². The first-order valence-electron chi connectivity index (χ1n) is 9.70. The molecule has 1 aliphatic rings. The van der Waals surface area contributed by atoms with E-state index in [2.05, 4.69) is 9.97 Å². The average Bonchev–Trinajstić information content (AvgIpc) is 3.36. The number of amides is 1. The van der Waals surface area contributed by atoms with Gasteiger partial charge in [-0.1, -0.05) is 6.07 Å². The van der Waals surface area contributed by atoms with Crippen LogP contribution in [0.2, 0.25) is 0 Å². The minimum atomic E-state index is -0.676. The van der Waals surface area contributed by atoms with Crippen molar-refractivity contribution in [2.75, 3.05) is 5.73 Å². The molecule has 5 N–H and O–H groups in total. The Morgan fingerprint density at radius 2 is 2.03 bits per heavy atom. The number of imidazole rings is 1. The van der Waals surface area contributed by atoms with Crippen molar-refractivity contribution in [1.29, 1.82) is 0 Å². The predicted octanol–water partition coefficient (Wildman–Crippen LogP) is 2.46. The summed E-state index contributed by atoms with van der Waals surface area (Å²) in [5.74, 6) is -0.0732. The Balaban J connectivity index is 2.02. The van der Waals surface area contributed by atoms with Crippen LogP contribution in [0.15, 0.2) is 18.5 Å². The third-order valence-electron chi connectivity index (χ3n) is 5.64. The molecule has 1 fully saturated rings. The Labute approximate surface area is 171 Å². The highest BCUT2D eigenvalue weighted by atomic mass is 16.5. The topological polar surface area (TPSA) is 134 Å². The monoisotopic (exact) mass is 406 g/mol. The molecule has 0 spiro atoms. The molecule has 4 aromatic rings. The number of aromatic nitrogens is 4. The molecule has 0 saturated heterocycles. The van der Waals surface area contributed by atoms with Gasteiger partial charge < -0.3 is 25.9 Å². The number of hydrogen-bond donors (Lipinski definition) is 3. The van der Waals surface area contributed by atoms with Crippen molar-refractivity contribution in [1.82, 2.24) is 19.1 Å². The molecule has 5 rings (SSSR count). The Hall–Kier alpha value is -3.75. The van der Waals surface area contributed by atoms with Crippen molar-refractivity contribution in [3.05, 3.63) is 35.2 Å². The third-order valence-corrected chi connectivity index (χ3v) is 5.64. The lowest BCUT2D eigenvalue weighted by Gasteiger charge is -2.16. The number of benzene rings is 1. The van der Waals surface area contributed by atoms with Crippen molar-refractivity contribution >= 4 is 33.8 Å². The van der Waals surface area contributed by atoms with E-state index in [1.54, 1.807) is 34.5 Å². The molecular formula is C21H22N6O3. The van der Waals surface area contributed by atoms with Gasteiger partial charge in [0.2, 0.25) is 5.88 Å². The maximum absolute atomic E-state index is 12.5. The number of pyridine rings is 1. The van der Waals surface area contributed by atoms with E-state index in [-0.39, 0.29) is 23.2 Å². The molecule has 9 nitrogen and oxygen atoms in total. The molecule has 154 valence electrons. The number of phenolic OH excluding ortho intramolecular Hbond substituents is 1. The van der Waals surface area contributed by atoms with Crippen molar-refractivity contribution in [2.45, 2.75) is 32.8 Å². The molecular weight excluding hydrogens is 384 g/mol. The number of nitrogens with two attached hydrogens (primary N) is 2. The molecule has 1 saturated carbocycles. The van der Waals surface area contributed by atoms with Crippen molar-refractivity contribution in [3.8, 4) is 17.3 Å². The molecule has 3 heterocycles. The zero-order chi connectivity index (χ0) is 21.3. The molecule has 3 aromatic heterocycles. The number of ether oxygens (including phenoxy) is 1. The first kappa shape index (κ1) is 18.3. The summed E-state index contributed by atoms with van der Waals surface area (Å²) in [4.78, 5) is 21.6. The van der Waals surface area contributed by atoms with Gasteiger partial charge in [-0.3, -0.25) is 9.36 Å². The smallest absolute Gasteiger partial charge is 0.253 e. The number of rotatable bonds is 4. The molecule has 0 unspecified atom stereocenters. The summed E-state index contributed by atoms with van der Waals surface area (Å²) in [6.45, 7) is 3.71. The largest absolute Gasteiger partial charge is 0.508 e. The Kier molecular flexibility index (Phi) is 3.73. The molecule has 0 radical (unpaired) electrons. The van der Waals surface area contributed by atoms with E-state index >= 15 is 0 Å². The number of carbonyl (C=O) groups excluding carboxylic acids is 1. The van der Waals surface area contributed by atoms with Crippen LogP contribution in [0, 0.1) is 13.8 Å². The first-order valence-corrected chi connectivity index (χ1v) is 9.70. The van der Waals surface area contributed by atoms with E-state index in [1.165, 1.54) is 0 Å². The Bertz CT molecular complexity index is 1360. The van der Waals surface area contributed by atoms with Crippen LogP contribution in [-0.2, 0) is 7.05 Å². The van der Waals surface area contributed by atoms with Gasteiger partial charge >= 0.3 is 0 Å². The minimum Gasteiger partial charge on any atom is -0.508 e. The molecule has 0 atom stereocenters. The maximum Gasteiger partial charge on any atom is 0.253 e. The van der Waals surface area contributed by atoms with Gasteiger partial charge in [-0.15, -0.1) is 0 Å². The molecule has 0 bridgehead atoms. The van der Waals surface area contributed by atoms with Crippen LogP contribution in [0.3, 0.4) is 0 Å². The van der Waals surface area contributed by atoms with E-state index in [0.29, 0.717) is 39.2 Å². The summed E-state index contributed by atoms with van der Waals surface area (Å²) in [6, 6.07) is 3.43. The van der Waals surface area contributed by atoms with E-state index in [0.717, 1.165) is 18.4 Å². The average molecular weight is 406 g/mol. The number of carbonyl (C=O) groups is 1. The molecule has 30 heavy (non-hydrogen) atoms. The maximum atomic E-state index is 12.5. The summed E-state index contributed by atoms with van der Waals surface area (Å²) >= 11 is 0. The summed E-state index contributed by atoms with van der Waals surface area (Å²) in [7, 11) is 1.84. The highest BCUT2D eigenvalue weighted by Crippen LogP contribution is 2.43. The Morgan fingerprint density at radius 1 is 1.30 bits per heavy atom. The fourth-order valence-corrected chi connectivity index (χ4v) is 3.98. The number of anilines is 1. The molecule has 1 aromatic carbocycles. The number of nitrogen functional groups attached to an aromatic ring is 1. The van der Waals surface area contributed by atoms with Crippen LogP contribution in [-0.4, -0.2) is 36.2 Å². The summed E-state index contributed by atoms with van der Waals surface area (Å²) in [5, 5.41) is 10.8. The van der Waals surface area contributed by atoms with Gasteiger partial charge in [-0.05, 0) is 38.3 Å². The minimum absolute atomic E-state index is 0.0564. The lowest BCUT2D eigenvalue weighted by Crippen LogP contribution is -2.14. The number of nitrogens with zero attached hydrogens (tertiary/aromatic N) is 4. The lowest BCUT2D eigenvalue weighted by atomic mass is 10.1. The quantitative estimate of drug-likeness (QED) is 0.477. The van der Waals surface area contributed by atoms with Crippen LogP contribution in [0.25, 0.3) is 27.8 Å².